The number of halogens is 1. The van der Waals surface area contributed by atoms with Gasteiger partial charge in [0, 0.05) is 61.0 Å². The number of allylic oxidation sites excluding steroid dienone is 4. The first kappa shape index (κ1) is 24.1. The van der Waals surface area contributed by atoms with Crippen LogP contribution < -0.4 is 10.2 Å². The fourth-order valence-corrected chi connectivity index (χ4v) is 4.82. The van der Waals surface area contributed by atoms with Crippen molar-refractivity contribution >= 4 is 34.1 Å². The van der Waals surface area contributed by atoms with E-state index in [0.29, 0.717) is 18.3 Å². The van der Waals surface area contributed by atoms with E-state index >= 15 is 0 Å². The summed E-state index contributed by atoms with van der Waals surface area (Å²) in [6.07, 6.45) is 12.7. The summed E-state index contributed by atoms with van der Waals surface area (Å²) in [4.78, 5) is 19.8. The highest BCUT2D eigenvalue weighted by Gasteiger charge is 2.21. The van der Waals surface area contributed by atoms with Crippen LogP contribution in [0.15, 0.2) is 78.7 Å². The first-order chi connectivity index (χ1) is 16.7. The minimum absolute atomic E-state index is 0.00220. The Morgan fingerprint density at radius 3 is 2.68 bits per heavy atom. The summed E-state index contributed by atoms with van der Waals surface area (Å²) >= 11 is 6.15. The van der Waals surface area contributed by atoms with E-state index in [1.165, 1.54) is 5.69 Å². The van der Waals surface area contributed by atoms with Gasteiger partial charge in [0.15, 0.2) is 0 Å². The highest BCUT2D eigenvalue weighted by atomic mass is 35.5. The van der Waals surface area contributed by atoms with E-state index in [2.05, 4.69) is 50.1 Å². The monoisotopic (exact) mass is 476 g/mol. The van der Waals surface area contributed by atoms with Crippen molar-refractivity contribution in [3.63, 3.8) is 0 Å². The van der Waals surface area contributed by atoms with Crippen LogP contribution in [0.2, 0.25) is 0 Å². The Hall–Kier alpha value is -3.05. The van der Waals surface area contributed by atoms with E-state index in [4.69, 9.17) is 11.6 Å². The molecular weight excluding hydrogens is 444 g/mol. The van der Waals surface area contributed by atoms with Crippen molar-refractivity contribution in [3.05, 3.63) is 84.4 Å². The Balaban J connectivity index is 1.40. The molecule has 0 unspecified atom stereocenters. The van der Waals surface area contributed by atoms with Crippen molar-refractivity contribution in [2.45, 2.75) is 32.7 Å². The minimum Gasteiger partial charge on any atom is -0.371 e. The van der Waals surface area contributed by atoms with Crippen LogP contribution in [-0.2, 0) is 6.54 Å². The number of hydrogen-bond donors (Lipinski definition) is 1. The molecule has 178 valence electrons. The van der Waals surface area contributed by atoms with Crippen LogP contribution in [-0.4, -0.2) is 41.0 Å². The summed E-state index contributed by atoms with van der Waals surface area (Å²) in [5, 5.41) is 4.31. The number of para-hydroxylation sites is 1. The quantitative estimate of drug-likeness (QED) is 0.313. The number of alkyl halides is 1. The smallest absolute Gasteiger partial charge is 0.267 e. The number of nitrogens with zero attached hydrogens (tertiary/aromatic N) is 3. The lowest BCUT2D eigenvalue weighted by molar-refractivity contribution is 0.0936. The summed E-state index contributed by atoms with van der Waals surface area (Å²) in [5.74, 6) is 0.979. The predicted molar refractivity (Wildman–Crippen MR) is 142 cm³/mol. The van der Waals surface area contributed by atoms with Crippen molar-refractivity contribution in [2.24, 2.45) is 5.92 Å². The third-order valence-electron chi connectivity index (χ3n) is 6.59. The number of anilines is 1. The second-order valence-corrected chi connectivity index (χ2v) is 9.09. The first-order valence-corrected chi connectivity index (χ1v) is 12.6. The number of rotatable bonds is 9. The zero-order valence-electron chi connectivity index (χ0n) is 19.8. The van der Waals surface area contributed by atoms with Gasteiger partial charge in [-0.1, -0.05) is 42.0 Å². The lowest BCUT2D eigenvalue weighted by Gasteiger charge is -2.33. The molecule has 0 aliphatic carbocycles. The number of piperidine rings is 1. The topological polar surface area (TPSA) is 50.2 Å². The van der Waals surface area contributed by atoms with E-state index in [-0.39, 0.29) is 5.91 Å². The fourth-order valence-electron chi connectivity index (χ4n) is 4.60. The van der Waals surface area contributed by atoms with Crippen LogP contribution in [0.25, 0.3) is 10.9 Å². The van der Waals surface area contributed by atoms with Crippen molar-refractivity contribution in [2.75, 3.05) is 30.4 Å². The van der Waals surface area contributed by atoms with Crippen LogP contribution in [0.1, 0.15) is 36.7 Å². The SMILES string of the molecule is C/C=C\C=C(/CCl)CCn1c(C(=O)NCC2CCN(c3ccncc3)CC2)cc2ccccc21. The molecule has 1 saturated heterocycles. The Labute approximate surface area is 207 Å². The highest BCUT2D eigenvalue weighted by Crippen LogP contribution is 2.24. The maximum Gasteiger partial charge on any atom is 0.267 e. The van der Waals surface area contributed by atoms with E-state index in [9.17, 15) is 4.79 Å². The molecule has 6 heteroatoms. The van der Waals surface area contributed by atoms with Crippen LogP contribution in [0.4, 0.5) is 5.69 Å². The third-order valence-corrected chi connectivity index (χ3v) is 6.93. The number of aromatic nitrogens is 2. The summed E-state index contributed by atoms with van der Waals surface area (Å²) in [7, 11) is 0. The zero-order valence-corrected chi connectivity index (χ0v) is 20.5. The number of hydrogen-bond acceptors (Lipinski definition) is 3. The lowest BCUT2D eigenvalue weighted by atomic mass is 9.96. The molecule has 2 aromatic heterocycles. The molecule has 1 aliphatic rings. The Kier molecular flexibility index (Phi) is 8.42. The van der Waals surface area contributed by atoms with Gasteiger partial charge in [-0.15, -0.1) is 11.6 Å². The molecule has 1 aliphatic heterocycles. The maximum atomic E-state index is 13.2. The number of carbonyl (C=O) groups excluding carboxylic acids is 1. The van der Waals surface area contributed by atoms with Gasteiger partial charge in [-0.3, -0.25) is 9.78 Å². The maximum absolute atomic E-state index is 13.2. The Bertz CT molecular complexity index is 1140. The van der Waals surface area contributed by atoms with Gasteiger partial charge in [-0.05, 0) is 56.4 Å². The largest absolute Gasteiger partial charge is 0.371 e. The number of benzene rings is 1. The molecule has 1 aromatic carbocycles. The molecule has 0 atom stereocenters. The van der Waals surface area contributed by atoms with Gasteiger partial charge in [0.2, 0.25) is 0 Å². The number of carbonyl (C=O) groups is 1. The van der Waals surface area contributed by atoms with Gasteiger partial charge in [0.05, 0.1) is 0 Å². The van der Waals surface area contributed by atoms with E-state index in [1.54, 1.807) is 0 Å². The average molecular weight is 477 g/mol. The van der Waals surface area contributed by atoms with Gasteiger partial charge in [-0.25, -0.2) is 0 Å². The molecule has 0 radical (unpaired) electrons. The van der Waals surface area contributed by atoms with E-state index in [1.807, 2.05) is 49.7 Å². The Morgan fingerprint density at radius 2 is 1.94 bits per heavy atom. The van der Waals surface area contributed by atoms with E-state index in [0.717, 1.165) is 61.1 Å². The molecule has 0 bridgehead atoms. The number of nitrogens with one attached hydrogen (secondary N) is 1. The average Bonchev–Trinajstić information content (AvgIpc) is 3.27. The van der Waals surface area contributed by atoms with Crippen LogP contribution in [0.5, 0.6) is 0 Å². The lowest BCUT2D eigenvalue weighted by Crippen LogP contribution is -2.39. The Morgan fingerprint density at radius 1 is 1.18 bits per heavy atom. The van der Waals surface area contributed by atoms with Gasteiger partial charge in [0.1, 0.15) is 5.69 Å². The second-order valence-electron chi connectivity index (χ2n) is 8.82. The normalized spacial score (nSPS) is 15.4. The highest BCUT2D eigenvalue weighted by molar-refractivity contribution is 6.19. The predicted octanol–water partition coefficient (Wildman–Crippen LogP) is 5.81. The molecule has 4 rings (SSSR count). The summed E-state index contributed by atoms with van der Waals surface area (Å²) in [6, 6.07) is 14.3. The fraction of sp³-hybridized carbons (Fsp3) is 0.357. The van der Waals surface area contributed by atoms with Crippen LogP contribution in [0, 0.1) is 5.92 Å². The molecule has 3 aromatic rings. The molecule has 3 heterocycles. The van der Waals surface area contributed by atoms with Crippen molar-refractivity contribution in [1.29, 1.82) is 0 Å². The summed E-state index contributed by atoms with van der Waals surface area (Å²) in [6.45, 7) is 5.43. The second kappa shape index (κ2) is 11.9. The number of fused-ring (bicyclic) bond motifs is 1. The van der Waals surface area contributed by atoms with Crippen molar-refractivity contribution in [1.82, 2.24) is 14.9 Å². The van der Waals surface area contributed by atoms with Crippen LogP contribution in [0.3, 0.4) is 0 Å². The number of amides is 1. The van der Waals surface area contributed by atoms with Gasteiger partial charge in [0.25, 0.3) is 5.91 Å². The van der Waals surface area contributed by atoms with Crippen molar-refractivity contribution < 1.29 is 4.79 Å². The van der Waals surface area contributed by atoms with Gasteiger partial charge >= 0.3 is 0 Å². The molecule has 1 amide bonds. The third kappa shape index (κ3) is 5.89. The number of aryl methyl sites for hydroxylation is 1. The minimum atomic E-state index is -0.00220. The van der Waals surface area contributed by atoms with Crippen LogP contribution >= 0.6 is 11.6 Å². The van der Waals surface area contributed by atoms with Gasteiger partial charge in [-0.2, -0.15) is 0 Å². The summed E-state index contributed by atoms with van der Waals surface area (Å²) < 4.78 is 2.13. The molecule has 0 saturated carbocycles. The van der Waals surface area contributed by atoms with Gasteiger partial charge < -0.3 is 14.8 Å². The number of pyridine rings is 1. The standard InChI is InChI=1S/C28H33ClN4O/c1-2-3-6-22(20-29)13-18-33-26-8-5-4-7-24(26)19-27(33)28(34)31-21-23-11-16-32(17-12-23)25-9-14-30-15-10-25/h2-10,14-15,19,23H,11-13,16-18,20-21H2,1H3,(H,31,34)/b3-2-,22-6-. The molecular formula is C28H33ClN4O. The first-order valence-electron chi connectivity index (χ1n) is 12.1. The van der Waals surface area contributed by atoms with E-state index < -0.39 is 0 Å². The molecule has 5 nitrogen and oxygen atoms in total. The molecule has 34 heavy (non-hydrogen) atoms. The summed E-state index contributed by atoms with van der Waals surface area (Å²) in [5.41, 5.74) is 4.18. The molecule has 0 spiro atoms. The zero-order chi connectivity index (χ0) is 23.8. The van der Waals surface area contributed by atoms with Crippen molar-refractivity contribution in [3.8, 4) is 0 Å². The molecule has 1 fully saturated rings. The molecule has 1 N–H and O–H groups in total.